The summed E-state index contributed by atoms with van der Waals surface area (Å²) in [5, 5.41) is 9.89. The molecule has 0 unspecified atom stereocenters. The summed E-state index contributed by atoms with van der Waals surface area (Å²) in [5.74, 6) is -0.519. The molecule has 1 saturated heterocycles. The van der Waals surface area contributed by atoms with Crippen molar-refractivity contribution in [2.24, 2.45) is 10.8 Å². The third kappa shape index (κ3) is 4.98. The van der Waals surface area contributed by atoms with Crippen molar-refractivity contribution in [3.05, 3.63) is 52.9 Å². The lowest BCUT2D eigenvalue weighted by Gasteiger charge is -2.43. The number of carbonyl (C=O) groups is 1. The zero-order valence-corrected chi connectivity index (χ0v) is 18.2. The Hall–Kier alpha value is -1.94. The number of ether oxygens (including phenoxy) is 1. The molecule has 158 valence electrons. The summed E-state index contributed by atoms with van der Waals surface area (Å²) in [6, 6.07) is 5.41. The van der Waals surface area contributed by atoms with Gasteiger partial charge in [-0.05, 0) is 70.6 Å². The molecule has 1 aliphatic heterocycles. The Bertz CT molecular complexity index is 848. The first kappa shape index (κ1) is 21.8. The molecule has 3 nitrogen and oxygen atoms in total. The minimum absolute atomic E-state index is 0.0628. The van der Waals surface area contributed by atoms with Crippen molar-refractivity contribution >= 4 is 11.5 Å². The van der Waals surface area contributed by atoms with E-state index in [-0.39, 0.29) is 29.0 Å². The van der Waals surface area contributed by atoms with Crippen LogP contribution >= 0.6 is 0 Å². The van der Waals surface area contributed by atoms with Crippen LogP contribution in [-0.4, -0.2) is 23.3 Å². The minimum atomic E-state index is -0.651. The van der Waals surface area contributed by atoms with Gasteiger partial charge in [0.2, 0.25) is 0 Å². The number of rotatable bonds is 4. The molecule has 4 heteroatoms. The van der Waals surface area contributed by atoms with E-state index in [1.165, 1.54) is 11.1 Å². The molecule has 0 bridgehead atoms. The fourth-order valence-corrected chi connectivity index (χ4v) is 5.08. The molecule has 0 amide bonds. The Labute approximate surface area is 173 Å². The van der Waals surface area contributed by atoms with Gasteiger partial charge in [0.05, 0.1) is 12.5 Å². The van der Waals surface area contributed by atoms with Crippen LogP contribution < -0.4 is 0 Å². The molecule has 1 aliphatic carbocycles. The number of halogens is 1. The molecule has 2 aliphatic rings. The minimum Gasteiger partial charge on any atom is -0.458 e. The molecule has 3 rings (SSSR count). The average Bonchev–Trinajstić information content (AvgIpc) is 2.58. The first-order chi connectivity index (χ1) is 13.5. The van der Waals surface area contributed by atoms with Crippen molar-refractivity contribution in [3.63, 3.8) is 0 Å². The predicted octanol–water partition coefficient (Wildman–Crippen LogP) is 5.61. The highest BCUT2D eigenvalue weighted by atomic mass is 19.1. The average molecular weight is 401 g/mol. The van der Waals surface area contributed by atoms with E-state index in [4.69, 9.17) is 4.74 Å². The van der Waals surface area contributed by atoms with E-state index < -0.39 is 12.2 Å². The summed E-state index contributed by atoms with van der Waals surface area (Å²) >= 11 is 0. The van der Waals surface area contributed by atoms with Crippen LogP contribution in [0.5, 0.6) is 0 Å². The fourth-order valence-electron chi connectivity index (χ4n) is 5.08. The molecule has 1 aromatic carbocycles. The van der Waals surface area contributed by atoms with Crippen molar-refractivity contribution < 1.29 is 19.0 Å². The molecule has 0 radical (unpaired) electrons. The van der Waals surface area contributed by atoms with Gasteiger partial charge in [-0.3, -0.25) is 4.79 Å². The third-order valence-electron chi connectivity index (χ3n) is 6.07. The maximum atomic E-state index is 14.1. The van der Waals surface area contributed by atoms with Crippen LogP contribution in [0.15, 0.2) is 35.9 Å². The van der Waals surface area contributed by atoms with Gasteiger partial charge in [0.25, 0.3) is 0 Å². The summed E-state index contributed by atoms with van der Waals surface area (Å²) in [5.41, 5.74) is 4.26. The van der Waals surface area contributed by atoms with Gasteiger partial charge in [-0.2, -0.15) is 0 Å². The summed E-state index contributed by atoms with van der Waals surface area (Å²) in [7, 11) is 0. The molecule has 0 saturated carbocycles. The van der Waals surface area contributed by atoms with E-state index in [1.54, 1.807) is 6.07 Å². The molecule has 1 N–H and O–H groups in total. The van der Waals surface area contributed by atoms with Crippen LogP contribution in [0.2, 0.25) is 0 Å². The van der Waals surface area contributed by atoms with Gasteiger partial charge in [0.15, 0.2) is 0 Å². The first-order valence-corrected chi connectivity index (χ1v) is 10.6. The zero-order valence-electron chi connectivity index (χ0n) is 18.2. The predicted molar refractivity (Wildman–Crippen MR) is 114 cm³/mol. The van der Waals surface area contributed by atoms with Crippen LogP contribution in [0.25, 0.3) is 5.57 Å². The number of allylic oxidation sites excluding steroid dienone is 3. The molecule has 29 heavy (non-hydrogen) atoms. The summed E-state index contributed by atoms with van der Waals surface area (Å²) < 4.78 is 19.5. The molecular formula is C25H33FO3. The van der Waals surface area contributed by atoms with Gasteiger partial charge in [0, 0.05) is 6.42 Å². The summed E-state index contributed by atoms with van der Waals surface area (Å²) in [4.78, 5) is 11.7. The van der Waals surface area contributed by atoms with Gasteiger partial charge in [0.1, 0.15) is 11.9 Å². The maximum absolute atomic E-state index is 14.1. The Morgan fingerprint density at radius 3 is 2.66 bits per heavy atom. The second-order valence-corrected chi connectivity index (χ2v) is 9.93. The van der Waals surface area contributed by atoms with Crippen molar-refractivity contribution in [1.82, 2.24) is 0 Å². The van der Waals surface area contributed by atoms with E-state index in [9.17, 15) is 14.3 Å². The third-order valence-corrected chi connectivity index (χ3v) is 6.07. The normalized spacial score (nSPS) is 26.7. The Kier molecular flexibility index (Phi) is 6.05. The van der Waals surface area contributed by atoms with Crippen molar-refractivity contribution in [3.8, 4) is 0 Å². The quantitative estimate of drug-likeness (QED) is 0.668. The number of aliphatic hydroxyl groups is 1. The van der Waals surface area contributed by atoms with E-state index in [2.05, 4.69) is 33.8 Å². The van der Waals surface area contributed by atoms with E-state index in [0.29, 0.717) is 12.8 Å². The maximum Gasteiger partial charge on any atom is 0.309 e. The van der Waals surface area contributed by atoms with Crippen molar-refractivity contribution in [2.45, 2.75) is 78.9 Å². The van der Waals surface area contributed by atoms with Crippen LogP contribution in [0.1, 0.15) is 71.4 Å². The topological polar surface area (TPSA) is 46.5 Å². The summed E-state index contributed by atoms with van der Waals surface area (Å²) in [6.45, 7) is 11.0. The van der Waals surface area contributed by atoms with Gasteiger partial charge in [-0.1, -0.05) is 46.8 Å². The van der Waals surface area contributed by atoms with E-state index >= 15 is 0 Å². The molecule has 2 atom stereocenters. The highest BCUT2D eigenvalue weighted by molar-refractivity contribution is 5.74. The van der Waals surface area contributed by atoms with Crippen molar-refractivity contribution in [1.29, 1.82) is 0 Å². The van der Waals surface area contributed by atoms with Crippen LogP contribution in [0.3, 0.4) is 0 Å². The number of benzene rings is 1. The number of hydrogen-bond acceptors (Lipinski definition) is 3. The monoisotopic (exact) mass is 400 g/mol. The molecule has 1 heterocycles. The van der Waals surface area contributed by atoms with Crippen LogP contribution in [0.4, 0.5) is 4.39 Å². The smallest absolute Gasteiger partial charge is 0.309 e. The lowest BCUT2D eigenvalue weighted by atomic mass is 9.61. The van der Waals surface area contributed by atoms with E-state index in [1.807, 2.05) is 25.1 Å². The largest absolute Gasteiger partial charge is 0.458 e. The number of carbonyl (C=O) groups excluding carboxylic acids is 1. The highest BCUT2D eigenvalue weighted by Crippen LogP contribution is 2.52. The molecule has 1 fully saturated rings. The van der Waals surface area contributed by atoms with E-state index in [0.717, 1.165) is 24.0 Å². The number of hydrogen-bond donors (Lipinski definition) is 1. The standard InChI is InChI=1S/C25H33FO3/c1-6-16-11-17(7-10-22(16)26)20-14-24(2,3)15-25(4,5)21(20)9-8-19-12-18(27)13-23(28)29-19/h7-11,18-19,27H,6,12-15H2,1-5H3/t18-,19-/m0/s1. The number of cyclic esters (lactones) is 1. The van der Waals surface area contributed by atoms with Crippen LogP contribution in [0, 0.1) is 16.6 Å². The second-order valence-electron chi connectivity index (χ2n) is 9.93. The SMILES string of the molecule is CCc1cc(C2=C(C=C[C@H]3C[C@H](O)CC(=O)O3)C(C)(C)CC(C)(C)C2)ccc1F. The second kappa shape index (κ2) is 8.06. The lowest BCUT2D eigenvalue weighted by molar-refractivity contribution is -0.156. The van der Waals surface area contributed by atoms with Gasteiger partial charge < -0.3 is 9.84 Å². The molecular weight excluding hydrogens is 367 g/mol. The van der Waals surface area contributed by atoms with Crippen LogP contribution in [-0.2, 0) is 16.0 Å². The lowest BCUT2D eigenvalue weighted by Crippen LogP contribution is -2.32. The molecule has 0 spiro atoms. The van der Waals surface area contributed by atoms with Gasteiger partial charge >= 0.3 is 5.97 Å². The fraction of sp³-hybridized carbons (Fsp3) is 0.560. The summed E-state index contributed by atoms with van der Waals surface area (Å²) in [6.07, 6.45) is 5.97. The number of aryl methyl sites for hydroxylation is 1. The highest BCUT2D eigenvalue weighted by Gasteiger charge is 2.38. The zero-order chi connectivity index (χ0) is 21.4. The Morgan fingerprint density at radius 1 is 1.28 bits per heavy atom. The number of esters is 1. The van der Waals surface area contributed by atoms with Gasteiger partial charge in [-0.15, -0.1) is 0 Å². The Morgan fingerprint density at radius 2 is 2.00 bits per heavy atom. The first-order valence-electron chi connectivity index (χ1n) is 10.6. The van der Waals surface area contributed by atoms with Crippen molar-refractivity contribution in [2.75, 3.05) is 0 Å². The number of aliphatic hydroxyl groups excluding tert-OH is 1. The molecule has 1 aromatic rings. The molecule has 0 aromatic heterocycles. The van der Waals surface area contributed by atoms with Gasteiger partial charge in [-0.25, -0.2) is 4.39 Å². The Balaban J connectivity index is 2.06.